The second-order valence-corrected chi connectivity index (χ2v) is 16.8. The predicted octanol–water partition coefficient (Wildman–Crippen LogP) is 15.9. The molecule has 1 rings (SSSR count). The summed E-state index contributed by atoms with van der Waals surface area (Å²) in [5, 5.41) is 0. The van der Waals surface area contributed by atoms with Gasteiger partial charge in [0.25, 0.3) is 0 Å². The lowest BCUT2D eigenvalue weighted by Crippen LogP contribution is -2.22. The molecule has 0 N–H and O–H groups in total. The van der Waals surface area contributed by atoms with E-state index in [1.807, 2.05) is 39.0 Å². The molecule has 0 saturated heterocycles. The monoisotopic (exact) mass is 757 g/mol. The van der Waals surface area contributed by atoms with E-state index in [1.54, 1.807) is 0 Å². The van der Waals surface area contributed by atoms with Gasteiger partial charge in [-0.25, -0.2) is 4.79 Å². The van der Waals surface area contributed by atoms with Crippen molar-refractivity contribution in [2.45, 2.75) is 240 Å². The number of rotatable bonds is 38. The molecule has 0 saturated carbocycles. The Morgan fingerprint density at radius 3 is 1.15 bits per heavy atom. The number of hydrogen-bond donors (Lipinski definition) is 0. The van der Waals surface area contributed by atoms with Crippen LogP contribution in [0.5, 0.6) is 17.2 Å². The van der Waals surface area contributed by atoms with Crippen molar-refractivity contribution in [3.8, 4) is 17.2 Å². The number of unbranched alkanes of at least 4 members (excludes halogenated alkanes) is 27. The Labute approximate surface area is 335 Å². The Bertz CT molecular complexity index is 1030. The van der Waals surface area contributed by atoms with E-state index in [4.69, 9.17) is 18.9 Å². The molecular formula is C49H88O5. The fraction of sp³-hybridized carbons (Fsp3) is 0.816. The maximum atomic E-state index is 12.8. The summed E-state index contributed by atoms with van der Waals surface area (Å²) in [6.07, 6.45) is 41.9. The van der Waals surface area contributed by atoms with Crippen LogP contribution in [0.1, 0.15) is 240 Å². The first-order chi connectivity index (χ1) is 26.3. The molecule has 0 aliphatic rings. The maximum Gasteiger partial charge on any atom is 0.331 e. The summed E-state index contributed by atoms with van der Waals surface area (Å²) >= 11 is 0. The lowest BCUT2D eigenvalue weighted by atomic mass is 10.1. The Hall–Kier alpha value is -2.17. The van der Waals surface area contributed by atoms with Gasteiger partial charge in [-0.3, -0.25) is 0 Å². The second kappa shape index (κ2) is 35.3. The van der Waals surface area contributed by atoms with Crippen molar-refractivity contribution in [2.24, 2.45) is 0 Å². The minimum absolute atomic E-state index is 0.375. The predicted molar refractivity (Wildman–Crippen MR) is 233 cm³/mol. The molecule has 0 atom stereocenters. The fourth-order valence-corrected chi connectivity index (χ4v) is 6.90. The minimum Gasteiger partial charge on any atom is -0.493 e. The van der Waals surface area contributed by atoms with Gasteiger partial charge in [-0.15, -0.1) is 0 Å². The minimum atomic E-state index is -0.564. The van der Waals surface area contributed by atoms with Crippen molar-refractivity contribution in [1.29, 1.82) is 0 Å². The summed E-state index contributed by atoms with van der Waals surface area (Å²) < 4.78 is 25.0. The van der Waals surface area contributed by atoms with Crippen LogP contribution in [-0.2, 0) is 9.53 Å². The highest BCUT2D eigenvalue weighted by atomic mass is 16.6. The summed E-state index contributed by atoms with van der Waals surface area (Å²) in [5.41, 5.74) is 0.200. The zero-order valence-corrected chi connectivity index (χ0v) is 36.7. The zero-order chi connectivity index (χ0) is 39.4. The average molecular weight is 757 g/mol. The third-order valence-electron chi connectivity index (χ3n) is 10.2. The second-order valence-electron chi connectivity index (χ2n) is 16.8. The molecule has 0 fully saturated rings. The molecule has 314 valence electrons. The smallest absolute Gasteiger partial charge is 0.331 e. The summed E-state index contributed by atoms with van der Waals surface area (Å²) in [4.78, 5) is 12.8. The largest absolute Gasteiger partial charge is 0.493 e. The molecule has 5 heteroatoms. The van der Waals surface area contributed by atoms with Crippen LogP contribution >= 0.6 is 0 Å². The third kappa shape index (κ3) is 29.2. The summed E-state index contributed by atoms with van der Waals surface area (Å²) in [6, 6.07) is 4.00. The maximum absolute atomic E-state index is 12.8. The molecule has 0 spiro atoms. The SMILES string of the molecule is CCCCCCCCCCCCOc1ccc(OCCCCCCCCCCCC)c(OCCCCCCCCCCCC)c1C=CC(=O)OC(C)(C)C. The molecule has 0 bridgehead atoms. The summed E-state index contributed by atoms with van der Waals surface area (Å²) in [5.74, 6) is 1.77. The van der Waals surface area contributed by atoms with Crippen LogP contribution in [0.4, 0.5) is 0 Å². The fourth-order valence-electron chi connectivity index (χ4n) is 6.90. The lowest BCUT2D eigenvalue weighted by molar-refractivity contribution is -0.148. The van der Waals surface area contributed by atoms with Gasteiger partial charge in [0.2, 0.25) is 0 Å². The van der Waals surface area contributed by atoms with E-state index in [0.29, 0.717) is 25.6 Å². The number of carbonyl (C=O) groups is 1. The van der Waals surface area contributed by atoms with Gasteiger partial charge in [0.1, 0.15) is 11.4 Å². The highest BCUT2D eigenvalue weighted by molar-refractivity contribution is 5.89. The Morgan fingerprint density at radius 1 is 0.463 bits per heavy atom. The van der Waals surface area contributed by atoms with Gasteiger partial charge in [0.05, 0.1) is 25.4 Å². The number of benzene rings is 1. The van der Waals surface area contributed by atoms with E-state index in [2.05, 4.69) is 20.8 Å². The van der Waals surface area contributed by atoms with E-state index in [1.165, 1.54) is 173 Å². The zero-order valence-electron chi connectivity index (χ0n) is 36.7. The van der Waals surface area contributed by atoms with E-state index >= 15 is 0 Å². The van der Waals surface area contributed by atoms with Crippen LogP contribution in [0.2, 0.25) is 0 Å². The first kappa shape index (κ1) is 49.8. The normalized spacial score (nSPS) is 11.7. The number of carbonyl (C=O) groups excluding carboxylic acids is 1. The van der Waals surface area contributed by atoms with Crippen LogP contribution in [-0.4, -0.2) is 31.4 Å². The van der Waals surface area contributed by atoms with Gasteiger partial charge >= 0.3 is 5.97 Å². The third-order valence-corrected chi connectivity index (χ3v) is 10.2. The van der Waals surface area contributed by atoms with Crippen molar-refractivity contribution >= 4 is 12.0 Å². The van der Waals surface area contributed by atoms with Crippen molar-refractivity contribution in [1.82, 2.24) is 0 Å². The van der Waals surface area contributed by atoms with Crippen LogP contribution in [0, 0.1) is 0 Å². The van der Waals surface area contributed by atoms with Crippen LogP contribution in [0.3, 0.4) is 0 Å². The summed E-state index contributed by atoms with van der Waals surface area (Å²) in [7, 11) is 0. The van der Waals surface area contributed by atoms with Crippen molar-refractivity contribution in [3.63, 3.8) is 0 Å². The molecule has 54 heavy (non-hydrogen) atoms. The molecular weight excluding hydrogens is 669 g/mol. The van der Waals surface area contributed by atoms with E-state index in [9.17, 15) is 4.79 Å². The van der Waals surface area contributed by atoms with Crippen molar-refractivity contribution in [3.05, 3.63) is 23.8 Å². The standard InChI is InChI=1S/C49H88O5/c1-7-10-13-16-19-22-25-28-31-34-41-51-45-38-39-46(52-42-35-32-29-26-23-20-17-14-11-8-2)48(44(45)37-40-47(50)54-49(4,5)6)53-43-36-33-30-27-24-21-18-15-12-9-3/h37-40H,7-36,41-43H2,1-6H3. The Morgan fingerprint density at radius 2 is 0.778 bits per heavy atom. The molecule has 0 aliphatic heterocycles. The van der Waals surface area contributed by atoms with Crippen molar-refractivity contribution < 1.29 is 23.7 Å². The van der Waals surface area contributed by atoms with Gasteiger partial charge < -0.3 is 18.9 Å². The molecule has 0 unspecified atom stereocenters. The molecule has 0 radical (unpaired) electrons. The van der Waals surface area contributed by atoms with Gasteiger partial charge in [-0.2, -0.15) is 0 Å². The molecule has 5 nitrogen and oxygen atoms in total. The van der Waals surface area contributed by atoms with E-state index < -0.39 is 5.60 Å². The van der Waals surface area contributed by atoms with Crippen LogP contribution in [0.15, 0.2) is 18.2 Å². The number of ether oxygens (including phenoxy) is 4. The Balaban J connectivity index is 2.90. The lowest BCUT2D eigenvalue weighted by Gasteiger charge is -2.19. The number of hydrogen-bond acceptors (Lipinski definition) is 5. The highest BCUT2D eigenvalue weighted by Gasteiger charge is 2.18. The molecule has 0 heterocycles. The molecule has 0 amide bonds. The Kier molecular flexibility index (Phi) is 32.5. The van der Waals surface area contributed by atoms with Gasteiger partial charge in [-0.1, -0.05) is 194 Å². The summed E-state index contributed by atoms with van der Waals surface area (Å²) in [6.45, 7) is 14.4. The van der Waals surface area contributed by atoms with Gasteiger partial charge in [-0.05, 0) is 58.2 Å². The molecule has 0 aromatic heterocycles. The van der Waals surface area contributed by atoms with Crippen LogP contribution in [0.25, 0.3) is 6.08 Å². The van der Waals surface area contributed by atoms with E-state index in [-0.39, 0.29) is 5.97 Å². The average Bonchev–Trinajstić information content (AvgIpc) is 3.14. The molecule has 1 aromatic rings. The van der Waals surface area contributed by atoms with Gasteiger partial charge in [0, 0.05) is 6.08 Å². The topological polar surface area (TPSA) is 54.0 Å². The van der Waals surface area contributed by atoms with E-state index in [0.717, 1.165) is 42.7 Å². The molecule has 1 aromatic carbocycles. The first-order valence-corrected chi connectivity index (χ1v) is 23.3. The first-order valence-electron chi connectivity index (χ1n) is 23.3. The van der Waals surface area contributed by atoms with Crippen LogP contribution < -0.4 is 14.2 Å². The number of esters is 1. The van der Waals surface area contributed by atoms with Gasteiger partial charge in [0.15, 0.2) is 11.5 Å². The van der Waals surface area contributed by atoms with Crippen molar-refractivity contribution in [2.75, 3.05) is 19.8 Å². The molecule has 0 aliphatic carbocycles. The quantitative estimate of drug-likeness (QED) is 0.0382. The highest BCUT2D eigenvalue weighted by Crippen LogP contribution is 2.39.